The first-order valence-electron chi connectivity index (χ1n) is 6.09. The number of hydrogen-bond donors (Lipinski definition) is 0. The molecule has 0 N–H and O–H groups in total. The highest BCUT2D eigenvalue weighted by Crippen LogP contribution is 2.29. The average molecular weight is 302 g/mol. The Bertz CT molecular complexity index is 802. The Labute approximate surface area is 124 Å². The van der Waals surface area contributed by atoms with E-state index in [0.29, 0.717) is 23.1 Å². The highest BCUT2D eigenvalue weighted by Gasteiger charge is 2.14. The summed E-state index contributed by atoms with van der Waals surface area (Å²) in [5.74, 6) is -0.440. The van der Waals surface area contributed by atoms with Crippen LogP contribution in [0.5, 0.6) is 0 Å². The lowest BCUT2D eigenvalue weighted by Crippen LogP contribution is -1.94. The lowest BCUT2D eigenvalue weighted by molar-refractivity contribution is 0.112. The zero-order chi connectivity index (χ0) is 14.8. The zero-order valence-electron chi connectivity index (χ0n) is 10.7. The lowest BCUT2D eigenvalue weighted by atomic mass is 10.1. The molecule has 0 bridgehead atoms. The van der Waals surface area contributed by atoms with Crippen molar-refractivity contribution in [2.45, 2.75) is 0 Å². The molecule has 0 spiro atoms. The van der Waals surface area contributed by atoms with Crippen molar-refractivity contribution in [3.8, 4) is 16.9 Å². The smallest absolute Gasteiger partial charge is 0.153 e. The molecule has 21 heavy (non-hydrogen) atoms. The molecule has 0 fully saturated rings. The Morgan fingerprint density at radius 3 is 2.62 bits per heavy atom. The highest BCUT2D eigenvalue weighted by molar-refractivity contribution is 6.33. The molecular weight excluding hydrogens is 293 g/mol. The van der Waals surface area contributed by atoms with E-state index in [1.54, 1.807) is 35.4 Å². The standard InChI is InChI=1S/C15H9ClFN3O/c16-14-7-11(17)1-2-13(14)15-10(9-21)8-20(19-15)12-3-5-18-6-4-12/h1-9H. The normalized spacial score (nSPS) is 10.6. The summed E-state index contributed by atoms with van der Waals surface area (Å²) in [7, 11) is 0. The average Bonchev–Trinajstić information content (AvgIpc) is 2.92. The van der Waals surface area contributed by atoms with Gasteiger partial charge >= 0.3 is 0 Å². The first-order chi connectivity index (χ1) is 10.2. The summed E-state index contributed by atoms with van der Waals surface area (Å²) in [6.07, 6.45) is 5.54. The molecule has 0 aliphatic carbocycles. The molecule has 0 aliphatic heterocycles. The molecule has 0 unspecified atom stereocenters. The summed E-state index contributed by atoms with van der Waals surface area (Å²) in [4.78, 5) is 15.2. The summed E-state index contributed by atoms with van der Waals surface area (Å²) in [6, 6.07) is 7.50. The maximum Gasteiger partial charge on any atom is 0.153 e. The molecular formula is C15H9ClFN3O. The van der Waals surface area contributed by atoms with Crippen molar-refractivity contribution in [1.82, 2.24) is 14.8 Å². The summed E-state index contributed by atoms with van der Waals surface area (Å²) in [6.45, 7) is 0. The van der Waals surface area contributed by atoms with Gasteiger partial charge in [0.2, 0.25) is 0 Å². The van der Waals surface area contributed by atoms with Crippen LogP contribution in [-0.2, 0) is 0 Å². The molecule has 0 aliphatic rings. The van der Waals surface area contributed by atoms with Gasteiger partial charge in [-0.1, -0.05) is 11.6 Å². The molecule has 3 rings (SSSR count). The third-order valence-corrected chi connectivity index (χ3v) is 3.30. The van der Waals surface area contributed by atoms with Gasteiger partial charge in [0.15, 0.2) is 6.29 Å². The predicted octanol–water partition coefficient (Wildman–Crippen LogP) is 3.54. The van der Waals surface area contributed by atoms with E-state index in [1.165, 1.54) is 18.2 Å². The van der Waals surface area contributed by atoms with E-state index >= 15 is 0 Å². The molecule has 1 aromatic carbocycles. The third-order valence-electron chi connectivity index (χ3n) is 2.98. The maximum atomic E-state index is 13.1. The molecule has 6 heteroatoms. The number of benzene rings is 1. The molecule has 0 amide bonds. The summed E-state index contributed by atoms with van der Waals surface area (Å²) >= 11 is 6.03. The van der Waals surface area contributed by atoms with E-state index in [0.717, 1.165) is 5.69 Å². The van der Waals surface area contributed by atoms with E-state index < -0.39 is 5.82 Å². The Morgan fingerprint density at radius 2 is 1.95 bits per heavy atom. The van der Waals surface area contributed by atoms with Gasteiger partial charge < -0.3 is 0 Å². The second kappa shape index (κ2) is 5.46. The van der Waals surface area contributed by atoms with Crippen LogP contribution in [0.3, 0.4) is 0 Å². The van der Waals surface area contributed by atoms with Crippen molar-refractivity contribution < 1.29 is 9.18 Å². The predicted molar refractivity (Wildman–Crippen MR) is 77.2 cm³/mol. The van der Waals surface area contributed by atoms with E-state index in [9.17, 15) is 9.18 Å². The largest absolute Gasteiger partial charge is 0.298 e. The first kappa shape index (κ1) is 13.5. The molecule has 2 heterocycles. The summed E-state index contributed by atoms with van der Waals surface area (Å²) in [5, 5.41) is 4.57. The highest BCUT2D eigenvalue weighted by atomic mass is 35.5. The van der Waals surface area contributed by atoms with Crippen LogP contribution in [-0.4, -0.2) is 21.1 Å². The maximum absolute atomic E-state index is 13.1. The van der Waals surface area contributed by atoms with Gasteiger partial charge in [0.05, 0.1) is 16.3 Å². The number of nitrogens with zero attached hydrogens (tertiary/aromatic N) is 3. The number of hydrogen-bond acceptors (Lipinski definition) is 3. The van der Waals surface area contributed by atoms with Crippen LogP contribution in [0.15, 0.2) is 48.9 Å². The van der Waals surface area contributed by atoms with E-state index in [-0.39, 0.29) is 5.02 Å². The third kappa shape index (κ3) is 2.55. The Morgan fingerprint density at radius 1 is 1.19 bits per heavy atom. The van der Waals surface area contributed by atoms with Crippen LogP contribution in [0, 0.1) is 5.82 Å². The minimum absolute atomic E-state index is 0.207. The van der Waals surface area contributed by atoms with Crippen LogP contribution >= 0.6 is 11.6 Å². The van der Waals surface area contributed by atoms with Gasteiger partial charge in [0, 0.05) is 24.2 Å². The van der Waals surface area contributed by atoms with Gasteiger partial charge in [-0.2, -0.15) is 5.10 Å². The van der Waals surface area contributed by atoms with Gasteiger partial charge in [-0.25, -0.2) is 9.07 Å². The molecule has 4 nitrogen and oxygen atoms in total. The monoisotopic (exact) mass is 301 g/mol. The Balaban J connectivity index is 2.15. The van der Waals surface area contributed by atoms with Crippen LogP contribution in [0.2, 0.25) is 5.02 Å². The molecule has 0 saturated heterocycles. The van der Waals surface area contributed by atoms with Gasteiger partial charge in [-0.05, 0) is 30.3 Å². The summed E-state index contributed by atoms with van der Waals surface area (Å²) < 4.78 is 14.7. The molecule has 0 saturated carbocycles. The first-order valence-corrected chi connectivity index (χ1v) is 6.47. The van der Waals surface area contributed by atoms with E-state index in [2.05, 4.69) is 10.1 Å². The second-order valence-electron chi connectivity index (χ2n) is 4.33. The molecule has 0 atom stereocenters. The summed E-state index contributed by atoms with van der Waals surface area (Å²) in [5.41, 5.74) is 2.05. The van der Waals surface area contributed by atoms with Crippen molar-refractivity contribution in [2.75, 3.05) is 0 Å². The Hall–Kier alpha value is -2.53. The number of aldehydes is 1. The van der Waals surface area contributed by atoms with Gasteiger partial charge in [0.25, 0.3) is 0 Å². The fourth-order valence-corrected chi connectivity index (χ4v) is 2.25. The van der Waals surface area contributed by atoms with E-state index in [4.69, 9.17) is 11.6 Å². The minimum Gasteiger partial charge on any atom is -0.298 e. The second-order valence-corrected chi connectivity index (χ2v) is 4.73. The van der Waals surface area contributed by atoms with Crippen molar-refractivity contribution >= 4 is 17.9 Å². The minimum atomic E-state index is -0.440. The number of pyridine rings is 1. The van der Waals surface area contributed by atoms with Crippen LogP contribution in [0.4, 0.5) is 4.39 Å². The lowest BCUT2D eigenvalue weighted by Gasteiger charge is -2.02. The van der Waals surface area contributed by atoms with Crippen molar-refractivity contribution in [3.63, 3.8) is 0 Å². The van der Waals surface area contributed by atoms with Crippen LogP contribution in [0.1, 0.15) is 10.4 Å². The van der Waals surface area contributed by atoms with Crippen molar-refractivity contribution in [3.05, 3.63) is 65.3 Å². The number of halogens is 2. The molecule has 3 aromatic rings. The van der Waals surface area contributed by atoms with Crippen LogP contribution < -0.4 is 0 Å². The van der Waals surface area contributed by atoms with Gasteiger partial charge in [-0.3, -0.25) is 9.78 Å². The molecule has 2 aromatic heterocycles. The van der Waals surface area contributed by atoms with Gasteiger partial charge in [0.1, 0.15) is 11.5 Å². The van der Waals surface area contributed by atoms with Gasteiger partial charge in [-0.15, -0.1) is 0 Å². The molecule has 0 radical (unpaired) electrons. The van der Waals surface area contributed by atoms with E-state index in [1.807, 2.05) is 0 Å². The van der Waals surface area contributed by atoms with Crippen molar-refractivity contribution in [1.29, 1.82) is 0 Å². The van der Waals surface area contributed by atoms with Crippen molar-refractivity contribution in [2.24, 2.45) is 0 Å². The number of carbonyl (C=O) groups excluding carboxylic acids is 1. The number of aromatic nitrogens is 3. The Kier molecular flexibility index (Phi) is 3.50. The zero-order valence-corrected chi connectivity index (χ0v) is 11.5. The number of carbonyl (C=O) groups is 1. The fourth-order valence-electron chi connectivity index (χ4n) is 1.99. The topological polar surface area (TPSA) is 47.8 Å². The number of rotatable bonds is 3. The van der Waals surface area contributed by atoms with Crippen LogP contribution in [0.25, 0.3) is 16.9 Å². The SMILES string of the molecule is O=Cc1cn(-c2ccncc2)nc1-c1ccc(F)cc1Cl. The molecule has 104 valence electrons. The fraction of sp³-hybridized carbons (Fsp3) is 0. The quantitative estimate of drug-likeness (QED) is 0.695.